The van der Waals surface area contributed by atoms with Gasteiger partial charge in [-0.2, -0.15) is 0 Å². The van der Waals surface area contributed by atoms with Gasteiger partial charge in [-0.3, -0.25) is 4.98 Å². The molecular weight excluding hydrogens is 234 g/mol. The maximum Gasteiger partial charge on any atom is 0.0474 e. The summed E-state index contributed by atoms with van der Waals surface area (Å²) in [6, 6.07) is 6.51. The molecule has 2 aromatic heterocycles. The molecule has 0 saturated heterocycles. The quantitative estimate of drug-likeness (QED) is 0.896. The molecule has 0 radical (unpaired) electrons. The predicted octanol–water partition coefficient (Wildman–Crippen LogP) is 2.90. The Labute approximate surface area is 114 Å². The van der Waals surface area contributed by atoms with Crippen LogP contribution in [0.25, 0.3) is 0 Å². The summed E-state index contributed by atoms with van der Waals surface area (Å²) in [4.78, 5) is 4.07. The van der Waals surface area contributed by atoms with Crippen molar-refractivity contribution in [2.75, 3.05) is 0 Å². The zero-order chi connectivity index (χ0) is 13.5. The van der Waals surface area contributed by atoms with Gasteiger partial charge in [-0.25, -0.2) is 0 Å². The smallest absolute Gasteiger partial charge is 0.0474 e. The van der Waals surface area contributed by atoms with E-state index < -0.39 is 0 Å². The molecule has 0 bridgehead atoms. The molecule has 0 amide bonds. The first kappa shape index (κ1) is 12.4. The van der Waals surface area contributed by atoms with E-state index in [1.807, 2.05) is 12.4 Å². The molecule has 0 aliphatic heterocycles. The number of hydrogen-bond donors (Lipinski definition) is 1. The minimum Gasteiger partial charge on any atom is -0.347 e. The van der Waals surface area contributed by atoms with E-state index in [9.17, 15) is 0 Å². The van der Waals surface area contributed by atoms with Crippen LogP contribution in [0.3, 0.4) is 0 Å². The monoisotopic (exact) mass is 255 g/mol. The molecule has 19 heavy (non-hydrogen) atoms. The summed E-state index contributed by atoms with van der Waals surface area (Å²) >= 11 is 0. The summed E-state index contributed by atoms with van der Waals surface area (Å²) in [5.74, 6) is 0. The lowest BCUT2D eigenvalue weighted by atomic mass is 9.74. The highest BCUT2D eigenvalue weighted by atomic mass is 15.0. The number of aromatic nitrogens is 2. The van der Waals surface area contributed by atoms with Crippen LogP contribution in [0.4, 0.5) is 0 Å². The van der Waals surface area contributed by atoms with Crippen molar-refractivity contribution in [1.82, 2.24) is 9.55 Å². The number of pyridine rings is 1. The first-order valence-corrected chi connectivity index (χ1v) is 6.87. The van der Waals surface area contributed by atoms with E-state index in [-0.39, 0.29) is 6.04 Å². The molecule has 1 unspecified atom stereocenters. The largest absolute Gasteiger partial charge is 0.347 e. The Morgan fingerprint density at radius 3 is 2.79 bits per heavy atom. The molecule has 0 aromatic carbocycles. The number of hydrogen-bond acceptors (Lipinski definition) is 2. The molecule has 3 heteroatoms. The lowest BCUT2D eigenvalue weighted by Crippen LogP contribution is -2.30. The van der Waals surface area contributed by atoms with E-state index in [2.05, 4.69) is 47.8 Å². The molecule has 2 aromatic rings. The van der Waals surface area contributed by atoms with E-state index in [0.29, 0.717) is 5.41 Å². The fourth-order valence-electron chi connectivity index (χ4n) is 3.13. The molecule has 3 rings (SSSR count). The molecular formula is C16H21N3. The van der Waals surface area contributed by atoms with Crippen molar-refractivity contribution in [3.05, 3.63) is 53.6 Å². The van der Waals surface area contributed by atoms with Crippen LogP contribution >= 0.6 is 0 Å². The van der Waals surface area contributed by atoms with Crippen molar-refractivity contribution in [2.45, 2.75) is 39.3 Å². The van der Waals surface area contributed by atoms with Crippen molar-refractivity contribution in [2.24, 2.45) is 11.1 Å². The second-order valence-corrected chi connectivity index (χ2v) is 6.35. The van der Waals surface area contributed by atoms with Crippen molar-refractivity contribution in [3.8, 4) is 0 Å². The van der Waals surface area contributed by atoms with Crippen molar-refractivity contribution < 1.29 is 0 Å². The molecule has 100 valence electrons. The van der Waals surface area contributed by atoms with E-state index in [1.54, 1.807) is 0 Å². The fourth-order valence-corrected chi connectivity index (χ4v) is 3.13. The first-order chi connectivity index (χ1) is 9.05. The van der Waals surface area contributed by atoms with E-state index in [4.69, 9.17) is 5.73 Å². The van der Waals surface area contributed by atoms with Crippen LogP contribution in [0.2, 0.25) is 0 Å². The highest BCUT2D eigenvalue weighted by Gasteiger charge is 2.32. The van der Waals surface area contributed by atoms with Crippen LogP contribution in [-0.2, 0) is 13.0 Å². The zero-order valence-corrected chi connectivity index (χ0v) is 11.6. The SMILES string of the molecule is CC1(C)Cc2c(ccn2Cc2ccncc2)C(N)C1. The van der Waals surface area contributed by atoms with Gasteiger partial charge in [0.25, 0.3) is 0 Å². The molecule has 3 nitrogen and oxygen atoms in total. The molecule has 0 spiro atoms. The standard InChI is InChI=1S/C16H21N3/c1-16(2)9-14(17)13-5-8-19(15(13)10-16)11-12-3-6-18-7-4-12/h3-8,14H,9-11,17H2,1-2H3. The Hall–Kier alpha value is -1.61. The maximum atomic E-state index is 6.31. The highest BCUT2D eigenvalue weighted by molar-refractivity contribution is 5.31. The third-order valence-electron chi connectivity index (χ3n) is 4.03. The Bertz CT molecular complexity index is 569. The summed E-state index contributed by atoms with van der Waals surface area (Å²) in [7, 11) is 0. The second-order valence-electron chi connectivity index (χ2n) is 6.35. The molecule has 1 aliphatic carbocycles. The molecule has 1 atom stereocenters. The van der Waals surface area contributed by atoms with Crippen molar-refractivity contribution in [3.63, 3.8) is 0 Å². The molecule has 0 fully saturated rings. The van der Waals surface area contributed by atoms with Gasteiger partial charge in [-0.05, 0) is 47.6 Å². The van der Waals surface area contributed by atoms with Crippen LogP contribution in [0.1, 0.15) is 43.1 Å². The van der Waals surface area contributed by atoms with Crippen LogP contribution < -0.4 is 5.73 Å². The average Bonchev–Trinajstić information content (AvgIpc) is 2.72. The fraction of sp³-hybridized carbons (Fsp3) is 0.438. The third kappa shape index (κ3) is 2.43. The highest BCUT2D eigenvalue weighted by Crippen LogP contribution is 2.40. The Morgan fingerprint density at radius 2 is 2.05 bits per heavy atom. The normalized spacial score (nSPS) is 21.1. The number of nitrogens with two attached hydrogens (primary N) is 1. The number of fused-ring (bicyclic) bond motifs is 1. The van der Waals surface area contributed by atoms with Gasteiger partial charge in [0.2, 0.25) is 0 Å². The summed E-state index contributed by atoms with van der Waals surface area (Å²) < 4.78 is 2.34. The van der Waals surface area contributed by atoms with E-state index >= 15 is 0 Å². The lowest BCUT2D eigenvalue weighted by molar-refractivity contribution is 0.276. The second kappa shape index (κ2) is 4.49. The van der Waals surface area contributed by atoms with Crippen LogP contribution in [0, 0.1) is 5.41 Å². The van der Waals surface area contributed by atoms with E-state index in [0.717, 1.165) is 19.4 Å². The van der Waals surface area contributed by atoms with Gasteiger partial charge >= 0.3 is 0 Å². The molecule has 2 N–H and O–H groups in total. The minimum absolute atomic E-state index is 0.178. The van der Waals surface area contributed by atoms with Gasteiger partial charge in [0, 0.05) is 36.9 Å². The Kier molecular flexibility index (Phi) is 2.94. The predicted molar refractivity (Wildman–Crippen MR) is 76.8 cm³/mol. The Morgan fingerprint density at radius 1 is 1.32 bits per heavy atom. The third-order valence-corrected chi connectivity index (χ3v) is 4.03. The van der Waals surface area contributed by atoms with Crippen LogP contribution in [0.15, 0.2) is 36.8 Å². The van der Waals surface area contributed by atoms with Gasteiger partial charge in [0.1, 0.15) is 0 Å². The molecule has 0 saturated carbocycles. The van der Waals surface area contributed by atoms with Gasteiger partial charge in [-0.15, -0.1) is 0 Å². The maximum absolute atomic E-state index is 6.31. The molecule has 1 aliphatic rings. The first-order valence-electron chi connectivity index (χ1n) is 6.87. The van der Waals surface area contributed by atoms with Gasteiger partial charge < -0.3 is 10.3 Å². The summed E-state index contributed by atoms with van der Waals surface area (Å²) in [5, 5.41) is 0. The van der Waals surface area contributed by atoms with Gasteiger partial charge in [0.05, 0.1) is 0 Å². The number of rotatable bonds is 2. The van der Waals surface area contributed by atoms with E-state index in [1.165, 1.54) is 16.8 Å². The molecule has 2 heterocycles. The van der Waals surface area contributed by atoms with Gasteiger partial charge in [-0.1, -0.05) is 13.8 Å². The Balaban J connectivity index is 1.93. The van der Waals surface area contributed by atoms with Crippen molar-refractivity contribution >= 4 is 0 Å². The zero-order valence-electron chi connectivity index (χ0n) is 11.6. The minimum atomic E-state index is 0.178. The van der Waals surface area contributed by atoms with Crippen LogP contribution in [-0.4, -0.2) is 9.55 Å². The summed E-state index contributed by atoms with van der Waals surface area (Å²) in [5.41, 5.74) is 10.6. The van der Waals surface area contributed by atoms with Crippen molar-refractivity contribution in [1.29, 1.82) is 0 Å². The summed E-state index contributed by atoms with van der Waals surface area (Å²) in [6.07, 6.45) is 8.04. The topological polar surface area (TPSA) is 43.8 Å². The average molecular weight is 255 g/mol. The number of nitrogens with zero attached hydrogens (tertiary/aromatic N) is 2. The summed E-state index contributed by atoms with van der Waals surface area (Å²) in [6.45, 7) is 5.51. The lowest BCUT2D eigenvalue weighted by Gasteiger charge is -2.34. The van der Waals surface area contributed by atoms with Crippen LogP contribution in [0.5, 0.6) is 0 Å². The van der Waals surface area contributed by atoms with Gasteiger partial charge in [0.15, 0.2) is 0 Å².